The first-order valence-corrected chi connectivity index (χ1v) is 17.6. The van der Waals surface area contributed by atoms with Crippen LogP contribution in [-0.4, -0.2) is 70.5 Å². The van der Waals surface area contributed by atoms with E-state index in [4.69, 9.17) is 0 Å². The van der Waals surface area contributed by atoms with Gasteiger partial charge in [-0.05, 0) is 0 Å². The Hall–Kier alpha value is 0.790. The second-order valence-electron chi connectivity index (χ2n) is 6.67. The third-order valence-corrected chi connectivity index (χ3v) is 12.4. The molecule has 0 bridgehead atoms. The van der Waals surface area contributed by atoms with E-state index in [1.54, 1.807) is 8.35 Å². The summed E-state index contributed by atoms with van der Waals surface area (Å²) >= 11 is -1.13. The van der Waals surface area contributed by atoms with Gasteiger partial charge in [0.15, 0.2) is 0 Å². The Morgan fingerprint density at radius 3 is 1.48 bits per heavy atom. The monoisotopic (exact) mass is 400 g/mol. The molecule has 0 rings (SSSR count). The van der Waals surface area contributed by atoms with E-state index in [9.17, 15) is 0 Å². The van der Waals surface area contributed by atoms with Crippen molar-refractivity contribution in [2.24, 2.45) is 0 Å². The van der Waals surface area contributed by atoms with Gasteiger partial charge >= 0.3 is 143 Å². The van der Waals surface area contributed by atoms with Crippen LogP contribution in [0.15, 0.2) is 0 Å². The molecule has 2 nitrogen and oxygen atoms in total. The number of hydrogen-bond acceptors (Lipinski definition) is 2. The van der Waals surface area contributed by atoms with Gasteiger partial charge in [0.25, 0.3) is 0 Å². The molecule has 126 valence electrons. The average molecular weight is 400 g/mol. The van der Waals surface area contributed by atoms with Crippen molar-refractivity contribution in [3.8, 4) is 0 Å². The van der Waals surface area contributed by atoms with Crippen LogP contribution in [-0.2, 0) is 0 Å². The zero-order valence-corrected chi connectivity index (χ0v) is 19.0. The van der Waals surface area contributed by atoms with Gasteiger partial charge in [-0.3, -0.25) is 0 Å². The molecule has 21 heavy (non-hydrogen) atoms. The van der Waals surface area contributed by atoms with Crippen LogP contribution in [0.5, 0.6) is 0 Å². The normalized spacial score (nSPS) is 11.6. The van der Waals surface area contributed by atoms with Gasteiger partial charge in [-0.2, -0.15) is 0 Å². The van der Waals surface area contributed by atoms with Gasteiger partial charge in [0.1, 0.15) is 0 Å². The van der Waals surface area contributed by atoms with Crippen molar-refractivity contribution < 1.29 is 0 Å². The van der Waals surface area contributed by atoms with Crippen LogP contribution in [0.25, 0.3) is 0 Å². The molecule has 0 aliphatic rings. The Kier molecular flexibility index (Phi) is 16.3. The maximum atomic E-state index is 2.68. The fourth-order valence-electron chi connectivity index (χ4n) is 3.18. The average Bonchev–Trinajstić information content (AvgIpc) is 2.46. The van der Waals surface area contributed by atoms with Crippen LogP contribution in [0.3, 0.4) is 0 Å². The number of hydrogen-bond donors (Lipinski definition) is 0. The van der Waals surface area contributed by atoms with Crippen LogP contribution < -0.4 is 0 Å². The molecule has 0 heterocycles. The fraction of sp³-hybridized carbons (Fsp3) is 1.00. The quantitative estimate of drug-likeness (QED) is 0.392. The predicted molar refractivity (Wildman–Crippen MR) is 99.9 cm³/mol. The Bertz CT molecular complexity index is 205. The van der Waals surface area contributed by atoms with Crippen LogP contribution >= 0.6 is 0 Å². The summed E-state index contributed by atoms with van der Waals surface area (Å²) < 4.78 is 5.89. The molecule has 0 spiro atoms. The summed E-state index contributed by atoms with van der Waals surface area (Å²) in [6, 6.07) is 0. The van der Waals surface area contributed by atoms with Crippen molar-refractivity contribution in [1.29, 1.82) is 0 Å². The van der Waals surface area contributed by atoms with E-state index in [1.807, 2.05) is 0 Å². The fourth-order valence-corrected chi connectivity index (χ4v) is 9.03. The molecule has 0 N–H and O–H groups in total. The number of rotatable bonds is 15. The molecule has 0 radical (unpaired) electrons. The molecule has 0 atom stereocenters. The topological polar surface area (TPSA) is 6.48 Å². The van der Waals surface area contributed by atoms with Crippen LogP contribution in [0.4, 0.5) is 0 Å². The van der Waals surface area contributed by atoms with Gasteiger partial charge in [0.05, 0.1) is 0 Å². The molecule has 0 unspecified atom stereocenters. The molecular formula is C18H41InN2. The first kappa shape index (κ1) is 21.8. The third-order valence-electron chi connectivity index (χ3n) is 4.41. The molecule has 0 aliphatic carbocycles. The van der Waals surface area contributed by atoms with Crippen LogP contribution in [0, 0.1) is 0 Å². The second-order valence-corrected chi connectivity index (χ2v) is 16.3. The maximum absolute atomic E-state index is 2.68. The van der Waals surface area contributed by atoms with E-state index in [2.05, 4.69) is 42.2 Å². The van der Waals surface area contributed by atoms with E-state index in [0.717, 1.165) is 0 Å². The van der Waals surface area contributed by atoms with Gasteiger partial charge in [-0.25, -0.2) is 0 Å². The number of nitrogens with zero attached hydrogens (tertiary/aromatic N) is 2. The Morgan fingerprint density at radius 1 is 0.619 bits per heavy atom. The summed E-state index contributed by atoms with van der Waals surface area (Å²) in [6.07, 6.45) is 6.87. The Labute approximate surface area is 143 Å². The van der Waals surface area contributed by atoms with Gasteiger partial charge in [0.2, 0.25) is 0 Å². The van der Waals surface area contributed by atoms with E-state index in [1.165, 1.54) is 71.4 Å². The van der Waals surface area contributed by atoms with Gasteiger partial charge < -0.3 is 0 Å². The SMILES string of the molecule is CCCN(CC)CC[CH2][In]([CH3])[CH2]CCN(CCC)CCC. The van der Waals surface area contributed by atoms with Gasteiger partial charge in [-0.1, -0.05) is 0 Å². The zero-order chi connectivity index (χ0) is 15.9. The van der Waals surface area contributed by atoms with Crippen molar-refractivity contribution in [2.75, 3.05) is 39.3 Å². The Morgan fingerprint density at radius 2 is 1.05 bits per heavy atom. The van der Waals surface area contributed by atoms with Crippen molar-refractivity contribution in [3.05, 3.63) is 0 Å². The minimum atomic E-state index is -1.13. The van der Waals surface area contributed by atoms with Crippen molar-refractivity contribution in [1.82, 2.24) is 9.80 Å². The molecular weight excluding hydrogens is 359 g/mol. The van der Waals surface area contributed by atoms with E-state index in [-0.39, 0.29) is 0 Å². The van der Waals surface area contributed by atoms with Crippen molar-refractivity contribution in [3.63, 3.8) is 0 Å². The standard InChI is InChI=1S/C9H20N.C8H18N.CH3.In/c1-4-7-10(8-5-2)9-6-3;1-4-7-9(6-3)8-5-2;;/h1,4-9H2,2-3H3;1,4-8H2,2-3H3;1H3;. The van der Waals surface area contributed by atoms with E-state index >= 15 is 0 Å². The summed E-state index contributed by atoms with van der Waals surface area (Å²) in [5, 5.41) is 0. The molecule has 3 heteroatoms. The zero-order valence-electron chi connectivity index (χ0n) is 15.7. The molecule has 0 amide bonds. The summed E-state index contributed by atoms with van der Waals surface area (Å²) in [6.45, 7) is 17.1. The van der Waals surface area contributed by atoms with Gasteiger partial charge in [-0.15, -0.1) is 0 Å². The molecule has 0 saturated carbocycles. The molecule has 0 aliphatic heterocycles. The molecule has 0 fully saturated rings. The summed E-state index contributed by atoms with van der Waals surface area (Å²) in [5.74, 6) is 0. The molecule has 0 aromatic carbocycles. The first-order chi connectivity index (χ1) is 10.2. The summed E-state index contributed by atoms with van der Waals surface area (Å²) in [5.41, 5.74) is 0. The minimum absolute atomic E-state index is 1.13. The molecule has 0 aromatic heterocycles. The second kappa shape index (κ2) is 15.7. The molecule has 0 saturated heterocycles. The van der Waals surface area contributed by atoms with Crippen molar-refractivity contribution in [2.45, 2.75) is 72.8 Å². The molecule has 0 aromatic rings. The van der Waals surface area contributed by atoms with Gasteiger partial charge in [0, 0.05) is 0 Å². The van der Waals surface area contributed by atoms with Crippen LogP contribution in [0.1, 0.15) is 59.8 Å². The first-order valence-electron chi connectivity index (χ1n) is 9.62. The summed E-state index contributed by atoms with van der Waals surface area (Å²) in [7, 11) is 0. The third kappa shape index (κ3) is 13.0. The van der Waals surface area contributed by atoms with E-state index in [0.29, 0.717) is 0 Å². The Balaban J connectivity index is 3.66. The van der Waals surface area contributed by atoms with Crippen LogP contribution in [0.2, 0.25) is 13.0 Å². The van der Waals surface area contributed by atoms with Crippen molar-refractivity contribution >= 4 is 21.4 Å². The van der Waals surface area contributed by atoms with E-state index < -0.39 is 21.4 Å². The predicted octanol–water partition coefficient (Wildman–Crippen LogP) is 4.75. The summed E-state index contributed by atoms with van der Waals surface area (Å²) in [4.78, 5) is 5.31.